The van der Waals surface area contributed by atoms with Crippen molar-refractivity contribution in [1.82, 2.24) is 0 Å². The standard InChI is InChI=1S/C11H12F2OS/c1-8-4-3-5-9-10(8)15(2,14)7-6-11(9,12)13/h3-5H,2,6-7H2,1H3. The molecular formula is C11H12F2OS. The van der Waals surface area contributed by atoms with Gasteiger partial charge in [-0.3, -0.25) is 4.21 Å². The van der Waals surface area contributed by atoms with E-state index in [1.54, 1.807) is 19.1 Å². The smallest absolute Gasteiger partial charge is 0.263 e. The highest BCUT2D eigenvalue weighted by Gasteiger charge is 2.40. The van der Waals surface area contributed by atoms with E-state index in [4.69, 9.17) is 0 Å². The summed E-state index contributed by atoms with van der Waals surface area (Å²) in [5.41, 5.74) is 0.542. The summed E-state index contributed by atoms with van der Waals surface area (Å²) in [6.07, 6.45) is -0.369. The highest BCUT2D eigenvalue weighted by Crippen LogP contribution is 2.42. The minimum atomic E-state index is -2.86. The highest BCUT2D eigenvalue weighted by molar-refractivity contribution is 8.00. The number of hydrogen-bond donors (Lipinski definition) is 0. The fourth-order valence-electron chi connectivity index (χ4n) is 1.96. The van der Waals surface area contributed by atoms with Crippen LogP contribution in [0.25, 0.3) is 0 Å². The molecular weight excluding hydrogens is 218 g/mol. The Morgan fingerprint density at radius 2 is 2.13 bits per heavy atom. The zero-order chi connectivity index (χ0) is 11.3. The van der Waals surface area contributed by atoms with Crippen LogP contribution >= 0.6 is 0 Å². The molecule has 1 aliphatic heterocycles. The first-order valence-corrected chi connectivity index (χ1v) is 6.57. The third-order valence-electron chi connectivity index (χ3n) is 2.72. The number of rotatable bonds is 0. The van der Waals surface area contributed by atoms with Gasteiger partial charge in [-0.25, -0.2) is 8.78 Å². The van der Waals surface area contributed by atoms with Gasteiger partial charge in [0.2, 0.25) is 0 Å². The van der Waals surface area contributed by atoms with Gasteiger partial charge in [-0.05, 0) is 27.9 Å². The second-order valence-corrected chi connectivity index (χ2v) is 6.36. The van der Waals surface area contributed by atoms with Gasteiger partial charge in [-0.2, -0.15) is 0 Å². The van der Waals surface area contributed by atoms with E-state index in [2.05, 4.69) is 5.87 Å². The van der Waals surface area contributed by atoms with E-state index >= 15 is 0 Å². The monoisotopic (exact) mass is 230 g/mol. The van der Waals surface area contributed by atoms with Crippen molar-refractivity contribution in [2.24, 2.45) is 0 Å². The zero-order valence-corrected chi connectivity index (χ0v) is 9.24. The quantitative estimate of drug-likeness (QED) is 0.626. The molecule has 0 radical (unpaired) electrons. The molecule has 0 bridgehead atoms. The Bertz CT molecular complexity index is 503. The van der Waals surface area contributed by atoms with E-state index in [1.165, 1.54) is 6.07 Å². The SMILES string of the molecule is C=S1(=O)CCC(F)(F)c2cccc(C)c21. The lowest BCUT2D eigenvalue weighted by molar-refractivity contribution is -0.0123. The molecule has 1 heterocycles. The first-order valence-electron chi connectivity index (χ1n) is 4.67. The molecule has 4 heteroatoms. The van der Waals surface area contributed by atoms with Crippen LogP contribution in [0.3, 0.4) is 0 Å². The Morgan fingerprint density at radius 1 is 1.47 bits per heavy atom. The number of benzene rings is 1. The number of fused-ring (bicyclic) bond motifs is 1. The molecule has 1 unspecified atom stereocenters. The van der Waals surface area contributed by atoms with Gasteiger partial charge in [-0.1, -0.05) is 18.2 Å². The third-order valence-corrected chi connectivity index (χ3v) is 4.87. The predicted octanol–water partition coefficient (Wildman–Crippen LogP) is 2.57. The normalized spacial score (nSPS) is 28.5. The first-order chi connectivity index (χ1) is 6.84. The lowest BCUT2D eigenvalue weighted by Crippen LogP contribution is -2.28. The van der Waals surface area contributed by atoms with Crippen LogP contribution in [0.2, 0.25) is 0 Å². The van der Waals surface area contributed by atoms with Crippen molar-refractivity contribution in [3.63, 3.8) is 0 Å². The Hall–Kier alpha value is -0.900. The topological polar surface area (TPSA) is 17.1 Å². The molecule has 0 aromatic heterocycles. The largest absolute Gasteiger partial charge is 0.275 e. The van der Waals surface area contributed by atoms with Crippen molar-refractivity contribution in [3.05, 3.63) is 29.3 Å². The number of hydrogen-bond acceptors (Lipinski definition) is 1. The number of alkyl halides is 2. The van der Waals surface area contributed by atoms with Crippen LogP contribution in [0, 0.1) is 6.92 Å². The summed E-state index contributed by atoms with van der Waals surface area (Å²) >= 11 is 0. The van der Waals surface area contributed by atoms with Crippen LogP contribution in [0.1, 0.15) is 17.5 Å². The molecule has 15 heavy (non-hydrogen) atoms. The second kappa shape index (κ2) is 3.04. The van der Waals surface area contributed by atoms with E-state index < -0.39 is 15.4 Å². The Kier molecular flexibility index (Phi) is 2.15. The highest BCUT2D eigenvalue weighted by atomic mass is 32.2. The summed E-state index contributed by atoms with van der Waals surface area (Å²) < 4.78 is 39.2. The summed E-state index contributed by atoms with van der Waals surface area (Å²) in [5.74, 6) is 0.701. The lowest BCUT2D eigenvalue weighted by Gasteiger charge is -2.28. The van der Waals surface area contributed by atoms with Crippen molar-refractivity contribution in [2.45, 2.75) is 24.2 Å². The molecule has 0 saturated heterocycles. The van der Waals surface area contributed by atoms with Crippen molar-refractivity contribution in [2.75, 3.05) is 5.75 Å². The number of halogens is 2. The van der Waals surface area contributed by atoms with Crippen LogP contribution in [-0.4, -0.2) is 15.8 Å². The van der Waals surface area contributed by atoms with Crippen molar-refractivity contribution in [3.8, 4) is 0 Å². The molecule has 0 spiro atoms. The van der Waals surface area contributed by atoms with Gasteiger partial charge in [0, 0.05) is 22.6 Å². The maximum atomic E-state index is 13.6. The maximum absolute atomic E-state index is 13.6. The summed E-state index contributed by atoms with van der Waals surface area (Å²) in [7, 11) is -2.52. The van der Waals surface area contributed by atoms with Gasteiger partial charge in [0.25, 0.3) is 5.92 Å². The molecule has 0 fully saturated rings. The van der Waals surface area contributed by atoms with Gasteiger partial charge in [0.05, 0.1) is 0 Å². The van der Waals surface area contributed by atoms with E-state index in [0.29, 0.717) is 5.56 Å². The summed E-state index contributed by atoms with van der Waals surface area (Å²) in [4.78, 5) is 0.265. The Morgan fingerprint density at radius 3 is 2.73 bits per heavy atom. The van der Waals surface area contributed by atoms with Crippen LogP contribution in [0.5, 0.6) is 0 Å². The predicted molar refractivity (Wildman–Crippen MR) is 58.1 cm³/mol. The van der Waals surface area contributed by atoms with Crippen molar-refractivity contribution in [1.29, 1.82) is 0 Å². The van der Waals surface area contributed by atoms with Crippen molar-refractivity contribution >= 4 is 15.4 Å². The molecule has 2 rings (SSSR count). The van der Waals surface area contributed by atoms with Crippen LogP contribution < -0.4 is 0 Å². The van der Waals surface area contributed by atoms with Crippen molar-refractivity contribution < 1.29 is 13.0 Å². The van der Waals surface area contributed by atoms with Gasteiger partial charge in [-0.15, -0.1) is 0 Å². The van der Waals surface area contributed by atoms with Crippen LogP contribution in [0.4, 0.5) is 8.78 Å². The van der Waals surface area contributed by atoms with E-state index in [0.717, 1.165) is 0 Å². The molecule has 1 nitrogen and oxygen atoms in total. The fourth-order valence-corrected chi connectivity index (χ4v) is 4.03. The van der Waals surface area contributed by atoms with Gasteiger partial charge in [0.1, 0.15) is 0 Å². The summed E-state index contributed by atoms with van der Waals surface area (Å²) in [6.45, 7) is 1.70. The molecule has 1 aromatic carbocycles. The summed E-state index contributed by atoms with van der Waals surface area (Å²) in [6, 6.07) is 4.63. The third kappa shape index (κ3) is 1.57. The maximum Gasteiger partial charge on any atom is 0.275 e. The molecule has 0 saturated carbocycles. The second-order valence-electron chi connectivity index (χ2n) is 3.92. The van der Waals surface area contributed by atoms with Gasteiger partial charge in [0.15, 0.2) is 0 Å². The number of aryl methyl sites for hydroxylation is 1. The molecule has 1 atom stereocenters. The summed E-state index contributed by atoms with van der Waals surface area (Å²) in [5, 5.41) is 0. The average molecular weight is 230 g/mol. The average Bonchev–Trinajstić information content (AvgIpc) is 2.13. The van der Waals surface area contributed by atoms with E-state index in [1.807, 2.05) is 0 Å². The Balaban J connectivity index is 2.82. The van der Waals surface area contributed by atoms with E-state index in [9.17, 15) is 13.0 Å². The molecule has 0 aliphatic carbocycles. The molecule has 1 aliphatic rings. The van der Waals surface area contributed by atoms with Gasteiger partial charge >= 0.3 is 0 Å². The van der Waals surface area contributed by atoms with E-state index in [-0.39, 0.29) is 22.6 Å². The first kappa shape index (κ1) is 10.6. The van der Waals surface area contributed by atoms with Gasteiger partial charge < -0.3 is 0 Å². The molecule has 82 valence electrons. The molecule has 1 aromatic rings. The minimum Gasteiger partial charge on any atom is -0.263 e. The Labute approximate surface area is 88.1 Å². The van der Waals surface area contributed by atoms with Crippen LogP contribution in [0.15, 0.2) is 23.1 Å². The minimum absolute atomic E-state index is 0.0299. The molecule has 0 amide bonds. The lowest BCUT2D eigenvalue weighted by atomic mass is 10.0. The zero-order valence-electron chi connectivity index (χ0n) is 8.43. The van der Waals surface area contributed by atoms with Crippen LogP contribution in [-0.2, 0) is 15.4 Å². The fraction of sp³-hybridized carbons (Fsp3) is 0.364. The molecule has 0 N–H and O–H groups in total.